The number of anilines is 1. The van der Waals surface area contributed by atoms with Gasteiger partial charge in [0.25, 0.3) is 10.2 Å². The molecular weight excluding hydrogens is 507 g/mol. The van der Waals surface area contributed by atoms with Gasteiger partial charge in [-0.25, -0.2) is 4.39 Å². The highest BCUT2D eigenvalue weighted by molar-refractivity contribution is 7.87. The standard InChI is InChI=1S/C27H39FN6O3S/c1-32-17-24(18-32)33(2)38(35,36)31-26-12-14-34(27-7-4-13-29-30-27)16-22(26)19-37-25-10-8-20(9-11-25)21-5-3-6-23(28)15-21/h3-7,13,15,20,22,24-26,31H,8-12,14,16-19H2,1-2H3/t20?,22-,25?,26-/m0/s1. The Hall–Kier alpha value is -2.18. The SMILES string of the molecule is CN1CC(N(C)S(=O)(=O)N[C@H]2CCN(c3cccnn3)C[C@H]2COC2CCC(c3cccc(F)c3)CC2)C1. The number of piperidine rings is 1. The summed E-state index contributed by atoms with van der Waals surface area (Å²) < 4.78 is 51.0. The molecule has 3 fully saturated rings. The lowest BCUT2D eigenvalue weighted by Crippen LogP contribution is -2.62. The van der Waals surface area contributed by atoms with Crippen LogP contribution in [0.1, 0.15) is 43.6 Å². The topological polar surface area (TPSA) is 90.9 Å². The number of aromatic nitrogens is 2. The quantitative estimate of drug-likeness (QED) is 0.517. The van der Waals surface area contributed by atoms with E-state index >= 15 is 0 Å². The minimum Gasteiger partial charge on any atom is -0.378 e. The summed E-state index contributed by atoms with van der Waals surface area (Å²) in [5.74, 6) is 0.935. The van der Waals surface area contributed by atoms with Crippen molar-refractivity contribution < 1.29 is 17.5 Å². The molecule has 2 aliphatic heterocycles. The van der Waals surface area contributed by atoms with Crippen molar-refractivity contribution in [3.05, 3.63) is 54.0 Å². The summed E-state index contributed by atoms with van der Waals surface area (Å²) in [6.45, 7) is 3.28. The maximum absolute atomic E-state index is 13.7. The molecule has 2 atom stereocenters. The molecule has 11 heteroatoms. The third kappa shape index (κ3) is 6.51. The average molecular weight is 547 g/mol. The van der Waals surface area contributed by atoms with Gasteiger partial charge in [-0.3, -0.25) is 0 Å². The number of hydrogen-bond acceptors (Lipinski definition) is 7. The van der Waals surface area contributed by atoms with Crippen LogP contribution in [0.3, 0.4) is 0 Å². The highest BCUT2D eigenvalue weighted by Gasteiger charge is 2.38. The van der Waals surface area contributed by atoms with Gasteiger partial charge in [-0.05, 0) is 74.9 Å². The van der Waals surface area contributed by atoms with Crippen molar-refractivity contribution in [2.45, 2.75) is 56.2 Å². The van der Waals surface area contributed by atoms with Gasteiger partial charge in [0.1, 0.15) is 5.82 Å². The molecule has 208 valence electrons. The van der Waals surface area contributed by atoms with Crippen molar-refractivity contribution in [2.75, 3.05) is 51.8 Å². The molecule has 0 unspecified atom stereocenters. The Bertz CT molecular complexity index is 1160. The van der Waals surface area contributed by atoms with Crippen LogP contribution in [0.5, 0.6) is 0 Å². The van der Waals surface area contributed by atoms with E-state index in [9.17, 15) is 12.8 Å². The lowest BCUT2D eigenvalue weighted by molar-refractivity contribution is -0.00234. The Morgan fingerprint density at radius 2 is 1.89 bits per heavy atom. The number of ether oxygens (including phenoxy) is 1. The van der Waals surface area contributed by atoms with Gasteiger partial charge in [0, 0.05) is 51.4 Å². The molecule has 1 N–H and O–H groups in total. The second kappa shape index (κ2) is 11.9. The molecule has 0 bridgehead atoms. The van der Waals surface area contributed by atoms with E-state index in [4.69, 9.17) is 4.74 Å². The first-order valence-corrected chi connectivity index (χ1v) is 15.1. The van der Waals surface area contributed by atoms with Gasteiger partial charge < -0.3 is 14.5 Å². The fraction of sp³-hybridized carbons (Fsp3) is 0.630. The fourth-order valence-electron chi connectivity index (χ4n) is 5.98. The number of nitrogens with one attached hydrogen (secondary N) is 1. The molecule has 0 radical (unpaired) electrons. The molecule has 3 heterocycles. The highest BCUT2D eigenvalue weighted by atomic mass is 32.2. The first-order chi connectivity index (χ1) is 18.3. The van der Waals surface area contributed by atoms with Gasteiger partial charge in [-0.15, -0.1) is 5.10 Å². The van der Waals surface area contributed by atoms with Gasteiger partial charge in [0.15, 0.2) is 5.82 Å². The zero-order chi connectivity index (χ0) is 26.7. The van der Waals surface area contributed by atoms with E-state index in [0.29, 0.717) is 32.0 Å². The number of benzene rings is 1. The Kier molecular flexibility index (Phi) is 8.59. The first-order valence-electron chi connectivity index (χ1n) is 13.6. The van der Waals surface area contributed by atoms with Crippen molar-refractivity contribution in [1.29, 1.82) is 0 Å². The van der Waals surface area contributed by atoms with E-state index in [1.54, 1.807) is 25.4 Å². The summed E-state index contributed by atoms with van der Waals surface area (Å²) in [5, 5.41) is 8.28. The van der Waals surface area contributed by atoms with E-state index in [-0.39, 0.29) is 29.9 Å². The summed E-state index contributed by atoms with van der Waals surface area (Å²) in [6, 6.07) is 10.5. The highest BCUT2D eigenvalue weighted by Crippen LogP contribution is 2.35. The molecule has 1 aromatic carbocycles. The van der Waals surface area contributed by atoms with Crippen molar-refractivity contribution in [3.63, 3.8) is 0 Å². The Labute approximate surface area is 225 Å². The molecule has 0 spiro atoms. The molecule has 3 aliphatic rings. The molecule has 1 aromatic heterocycles. The van der Waals surface area contributed by atoms with E-state index in [0.717, 1.165) is 50.2 Å². The van der Waals surface area contributed by atoms with Gasteiger partial charge >= 0.3 is 0 Å². The Balaban J connectivity index is 1.21. The van der Waals surface area contributed by atoms with Crippen LogP contribution in [0, 0.1) is 11.7 Å². The molecule has 2 saturated heterocycles. The van der Waals surface area contributed by atoms with Crippen molar-refractivity contribution in [3.8, 4) is 0 Å². The molecule has 38 heavy (non-hydrogen) atoms. The van der Waals surface area contributed by atoms with Gasteiger partial charge in [0.05, 0.1) is 18.8 Å². The number of nitrogens with zero attached hydrogens (tertiary/aromatic N) is 5. The minimum absolute atomic E-state index is 0.000145. The average Bonchev–Trinajstić information content (AvgIpc) is 2.91. The molecule has 1 aliphatic carbocycles. The minimum atomic E-state index is -3.62. The fourth-order valence-corrected chi connectivity index (χ4v) is 7.36. The van der Waals surface area contributed by atoms with Crippen LogP contribution in [0.15, 0.2) is 42.6 Å². The maximum atomic E-state index is 13.7. The van der Waals surface area contributed by atoms with E-state index in [2.05, 4.69) is 24.7 Å². The van der Waals surface area contributed by atoms with Gasteiger partial charge in [-0.1, -0.05) is 12.1 Å². The van der Waals surface area contributed by atoms with Gasteiger partial charge in [0.2, 0.25) is 0 Å². The Morgan fingerprint density at radius 3 is 2.58 bits per heavy atom. The van der Waals surface area contributed by atoms with E-state index in [1.165, 1.54) is 10.4 Å². The van der Waals surface area contributed by atoms with Crippen LogP contribution in [0.2, 0.25) is 0 Å². The van der Waals surface area contributed by atoms with Crippen molar-refractivity contribution in [1.82, 2.24) is 24.1 Å². The van der Waals surface area contributed by atoms with E-state index in [1.807, 2.05) is 25.2 Å². The molecule has 9 nitrogen and oxygen atoms in total. The number of rotatable bonds is 9. The largest absolute Gasteiger partial charge is 0.378 e. The lowest BCUT2D eigenvalue weighted by Gasteiger charge is -2.43. The van der Waals surface area contributed by atoms with Crippen LogP contribution in [-0.2, 0) is 14.9 Å². The second-order valence-electron chi connectivity index (χ2n) is 11.1. The van der Waals surface area contributed by atoms with Crippen LogP contribution in [0.25, 0.3) is 0 Å². The van der Waals surface area contributed by atoms with Crippen molar-refractivity contribution in [2.24, 2.45) is 5.92 Å². The molecular formula is C27H39FN6O3S. The molecule has 2 aromatic rings. The molecule has 1 saturated carbocycles. The normalized spacial score (nSPS) is 27.4. The predicted molar refractivity (Wildman–Crippen MR) is 145 cm³/mol. The molecule has 0 amide bonds. The van der Waals surface area contributed by atoms with E-state index < -0.39 is 10.2 Å². The summed E-state index contributed by atoms with van der Waals surface area (Å²) in [7, 11) is 0.0365. The zero-order valence-electron chi connectivity index (χ0n) is 22.2. The lowest BCUT2D eigenvalue weighted by atomic mass is 9.82. The summed E-state index contributed by atoms with van der Waals surface area (Å²) in [6.07, 6.45) is 6.18. The van der Waals surface area contributed by atoms with Crippen LogP contribution >= 0.6 is 0 Å². The van der Waals surface area contributed by atoms with Crippen LogP contribution < -0.4 is 9.62 Å². The third-order valence-electron chi connectivity index (χ3n) is 8.39. The number of halogens is 1. The number of likely N-dealkylation sites (tertiary alicyclic amines) is 1. The Morgan fingerprint density at radius 1 is 1.11 bits per heavy atom. The predicted octanol–water partition coefficient (Wildman–Crippen LogP) is 2.63. The zero-order valence-corrected chi connectivity index (χ0v) is 23.1. The second-order valence-corrected chi connectivity index (χ2v) is 12.8. The smallest absolute Gasteiger partial charge is 0.279 e. The third-order valence-corrected chi connectivity index (χ3v) is 10.1. The monoisotopic (exact) mass is 546 g/mol. The number of likely N-dealkylation sites (N-methyl/N-ethyl adjacent to an activating group) is 2. The maximum Gasteiger partial charge on any atom is 0.279 e. The van der Waals surface area contributed by atoms with Crippen LogP contribution in [0.4, 0.5) is 10.2 Å². The summed E-state index contributed by atoms with van der Waals surface area (Å²) in [5.41, 5.74) is 1.06. The van der Waals surface area contributed by atoms with Crippen LogP contribution in [-0.4, -0.2) is 92.9 Å². The summed E-state index contributed by atoms with van der Waals surface area (Å²) >= 11 is 0. The molecule has 5 rings (SSSR count). The number of hydrogen-bond donors (Lipinski definition) is 1. The first kappa shape index (κ1) is 27.4. The van der Waals surface area contributed by atoms with Crippen molar-refractivity contribution >= 4 is 16.0 Å². The summed E-state index contributed by atoms with van der Waals surface area (Å²) in [4.78, 5) is 4.27. The van der Waals surface area contributed by atoms with Gasteiger partial charge in [-0.2, -0.15) is 22.5 Å².